The molecule has 150 valence electrons. The van der Waals surface area contributed by atoms with Crippen molar-refractivity contribution in [1.29, 1.82) is 0 Å². The van der Waals surface area contributed by atoms with Gasteiger partial charge in [-0.3, -0.25) is 29.8 Å². The summed E-state index contributed by atoms with van der Waals surface area (Å²) in [6.45, 7) is 1.42. The first-order valence-electron chi connectivity index (χ1n) is 8.52. The highest BCUT2D eigenvalue weighted by Gasteiger charge is 2.17. The Labute approximate surface area is 169 Å². The molecule has 2 aromatic carbocycles. The topological polar surface area (TPSA) is 105 Å². The quantitative estimate of drug-likeness (QED) is 0.446. The molecule has 0 aliphatic carbocycles. The Morgan fingerprint density at radius 1 is 1.21 bits per heavy atom. The molecule has 0 bridgehead atoms. The van der Waals surface area contributed by atoms with E-state index in [1.54, 1.807) is 13.1 Å². The van der Waals surface area contributed by atoms with Crippen LogP contribution in [0.1, 0.15) is 17.3 Å². The Kier molecular flexibility index (Phi) is 5.74. The van der Waals surface area contributed by atoms with Crippen LogP contribution in [-0.2, 0) is 11.8 Å². The minimum Gasteiger partial charge on any atom is -0.478 e. The van der Waals surface area contributed by atoms with E-state index in [0.717, 1.165) is 0 Å². The first-order chi connectivity index (χ1) is 13.8. The van der Waals surface area contributed by atoms with Crippen molar-refractivity contribution in [2.45, 2.75) is 13.0 Å². The van der Waals surface area contributed by atoms with Crippen molar-refractivity contribution in [2.75, 3.05) is 0 Å². The van der Waals surface area contributed by atoms with Gasteiger partial charge in [-0.05, 0) is 49.5 Å². The lowest BCUT2D eigenvalue weighted by molar-refractivity contribution is -0.128. The number of fused-ring (bicyclic) bond motifs is 1. The van der Waals surface area contributed by atoms with Gasteiger partial charge in [-0.2, -0.15) is 0 Å². The van der Waals surface area contributed by atoms with Crippen LogP contribution in [0.3, 0.4) is 0 Å². The average molecular weight is 416 g/mol. The Morgan fingerprint density at radius 3 is 2.66 bits per heavy atom. The van der Waals surface area contributed by atoms with E-state index in [0.29, 0.717) is 10.9 Å². The van der Waals surface area contributed by atoms with Gasteiger partial charge in [0.15, 0.2) is 22.4 Å². The van der Waals surface area contributed by atoms with Crippen molar-refractivity contribution >= 4 is 34.9 Å². The van der Waals surface area contributed by atoms with Gasteiger partial charge in [-0.25, -0.2) is 4.39 Å². The minimum atomic E-state index is -1.05. The fourth-order valence-electron chi connectivity index (χ4n) is 2.52. The second-order valence-corrected chi connectivity index (χ2v) is 6.58. The second kappa shape index (κ2) is 8.23. The molecule has 0 saturated heterocycles. The number of H-pyrrole nitrogens is 1. The van der Waals surface area contributed by atoms with Crippen LogP contribution >= 0.6 is 12.2 Å². The van der Waals surface area contributed by atoms with Crippen molar-refractivity contribution in [2.24, 2.45) is 7.05 Å². The lowest BCUT2D eigenvalue weighted by Crippen LogP contribution is -2.47. The predicted octanol–water partition coefficient (Wildman–Crippen LogP) is 1.96. The van der Waals surface area contributed by atoms with Gasteiger partial charge in [-0.15, -0.1) is 0 Å². The van der Waals surface area contributed by atoms with Gasteiger partial charge in [0.1, 0.15) is 0 Å². The Balaban J connectivity index is 1.68. The summed E-state index contributed by atoms with van der Waals surface area (Å²) in [7, 11) is 1.54. The van der Waals surface area contributed by atoms with Gasteiger partial charge in [0.2, 0.25) is 0 Å². The van der Waals surface area contributed by atoms with Crippen LogP contribution in [-0.4, -0.2) is 27.5 Å². The summed E-state index contributed by atoms with van der Waals surface area (Å²) in [4.78, 5) is 39.4. The first-order valence-corrected chi connectivity index (χ1v) is 8.93. The summed E-state index contributed by atoms with van der Waals surface area (Å²) in [6, 6.07) is 10.1. The normalized spacial score (nSPS) is 11.7. The molecule has 8 nitrogen and oxygen atoms in total. The molecule has 1 aromatic heterocycles. The van der Waals surface area contributed by atoms with E-state index < -0.39 is 23.7 Å². The molecule has 0 aliphatic rings. The molecule has 0 radical (unpaired) electrons. The number of ether oxygens (including phenoxy) is 1. The number of carbonyl (C=O) groups is 2. The number of rotatable bonds is 4. The van der Waals surface area contributed by atoms with E-state index in [4.69, 9.17) is 17.0 Å². The Hall–Kier alpha value is -3.53. The molecule has 10 heteroatoms. The molecule has 0 aliphatic heterocycles. The minimum absolute atomic E-state index is 0.0761. The van der Waals surface area contributed by atoms with Crippen LogP contribution in [0.25, 0.3) is 10.9 Å². The van der Waals surface area contributed by atoms with Gasteiger partial charge in [0, 0.05) is 12.6 Å². The van der Waals surface area contributed by atoms with E-state index in [1.165, 1.54) is 47.9 Å². The molecule has 1 heterocycles. The fourth-order valence-corrected chi connectivity index (χ4v) is 2.72. The van der Waals surface area contributed by atoms with E-state index in [2.05, 4.69) is 15.8 Å². The van der Waals surface area contributed by atoms with Gasteiger partial charge in [0.05, 0.1) is 10.9 Å². The van der Waals surface area contributed by atoms with E-state index in [-0.39, 0.29) is 21.6 Å². The van der Waals surface area contributed by atoms with Crippen molar-refractivity contribution in [1.82, 2.24) is 20.4 Å². The molecule has 2 amide bonds. The van der Waals surface area contributed by atoms with Crippen molar-refractivity contribution in [3.05, 3.63) is 69.0 Å². The molecule has 29 heavy (non-hydrogen) atoms. The Morgan fingerprint density at radius 2 is 1.93 bits per heavy atom. The number of para-hydroxylation sites is 1. The third kappa shape index (κ3) is 4.32. The second-order valence-electron chi connectivity index (χ2n) is 6.19. The van der Waals surface area contributed by atoms with Crippen LogP contribution in [0.15, 0.2) is 47.3 Å². The monoisotopic (exact) mass is 416 g/mol. The summed E-state index contributed by atoms with van der Waals surface area (Å²) in [6.07, 6.45) is -1.05. The molecule has 1 atom stereocenters. The van der Waals surface area contributed by atoms with Crippen LogP contribution in [0.5, 0.6) is 5.75 Å². The van der Waals surface area contributed by atoms with Crippen LogP contribution < -0.4 is 21.1 Å². The van der Waals surface area contributed by atoms with Crippen LogP contribution in [0.4, 0.5) is 4.39 Å². The molecule has 3 N–H and O–H groups in total. The number of nitrogens with one attached hydrogen (secondary N) is 3. The Bertz CT molecular complexity index is 1220. The number of halogens is 1. The third-order valence-electron chi connectivity index (χ3n) is 4.17. The zero-order chi connectivity index (χ0) is 21.1. The summed E-state index contributed by atoms with van der Waals surface area (Å²) >= 11 is 5.06. The van der Waals surface area contributed by atoms with Gasteiger partial charge in [-0.1, -0.05) is 12.1 Å². The summed E-state index contributed by atoms with van der Waals surface area (Å²) in [5.74, 6) is -1.96. The number of hydrogen-bond acceptors (Lipinski definition) is 5. The SMILES string of the molecule is CC(Oc1ccccc1F)C(=O)NNC(=O)c1ccc2c(=O)n(C)c(=S)[nH]c2c1. The number of aromatic amines is 1. The average Bonchev–Trinajstić information content (AvgIpc) is 2.71. The highest BCUT2D eigenvalue weighted by atomic mass is 32.1. The highest BCUT2D eigenvalue weighted by Crippen LogP contribution is 2.17. The first kappa shape index (κ1) is 20.2. The van der Waals surface area contributed by atoms with Gasteiger partial charge < -0.3 is 9.72 Å². The fraction of sp³-hybridized carbons (Fsp3) is 0.158. The number of benzene rings is 2. The maximum atomic E-state index is 13.6. The van der Waals surface area contributed by atoms with Gasteiger partial charge >= 0.3 is 0 Å². The number of nitrogens with zero attached hydrogens (tertiary/aromatic N) is 1. The number of hydrazine groups is 1. The lowest BCUT2D eigenvalue weighted by atomic mass is 10.1. The molecule has 0 fully saturated rings. The standard InChI is InChI=1S/C19H17FN4O4S/c1-10(28-15-6-4-3-5-13(15)20)16(25)22-23-17(26)11-7-8-12-14(9-11)21-19(29)24(2)18(12)27/h3-10H,1-2H3,(H,21,29)(H,22,25)(H,23,26). The highest BCUT2D eigenvalue weighted by molar-refractivity contribution is 7.71. The zero-order valence-corrected chi connectivity index (χ0v) is 16.3. The van der Waals surface area contributed by atoms with Crippen molar-refractivity contribution in [3.63, 3.8) is 0 Å². The molecule has 3 rings (SSSR count). The van der Waals surface area contributed by atoms with Crippen molar-refractivity contribution in [3.8, 4) is 5.75 Å². The molecular weight excluding hydrogens is 399 g/mol. The van der Waals surface area contributed by atoms with E-state index in [9.17, 15) is 18.8 Å². The van der Waals surface area contributed by atoms with Gasteiger partial charge in [0.25, 0.3) is 17.4 Å². The molecule has 0 spiro atoms. The maximum absolute atomic E-state index is 13.6. The molecule has 3 aromatic rings. The zero-order valence-electron chi connectivity index (χ0n) is 15.5. The van der Waals surface area contributed by atoms with Crippen molar-refractivity contribution < 1.29 is 18.7 Å². The largest absolute Gasteiger partial charge is 0.478 e. The molecule has 0 saturated carbocycles. The smallest absolute Gasteiger partial charge is 0.279 e. The molecule has 1 unspecified atom stereocenters. The lowest BCUT2D eigenvalue weighted by Gasteiger charge is -2.15. The summed E-state index contributed by atoms with van der Waals surface area (Å²) in [5.41, 5.74) is 4.77. The van der Waals surface area contributed by atoms with E-state index in [1.807, 2.05) is 0 Å². The number of carbonyl (C=O) groups excluding carboxylic acids is 2. The number of aromatic nitrogens is 2. The summed E-state index contributed by atoms with van der Waals surface area (Å²) in [5, 5.41) is 0.369. The molecular formula is C19H17FN4O4S. The number of amides is 2. The maximum Gasteiger partial charge on any atom is 0.279 e. The summed E-state index contributed by atoms with van der Waals surface area (Å²) < 4.78 is 20.3. The van der Waals surface area contributed by atoms with Crippen LogP contribution in [0, 0.1) is 10.6 Å². The third-order valence-corrected chi connectivity index (χ3v) is 4.55. The van der Waals surface area contributed by atoms with Crippen LogP contribution in [0.2, 0.25) is 0 Å². The van der Waals surface area contributed by atoms with E-state index >= 15 is 0 Å². The predicted molar refractivity (Wildman–Crippen MR) is 106 cm³/mol. The number of hydrogen-bond donors (Lipinski definition) is 3.